The molecule has 0 bridgehead atoms. The van der Waals surface area contributed by atoms with Crippen molar-refractivity contribution in [3.63, 3.8) is 0 Å². The van der Waals surface area contributed by atoms with Crippen molar-refractivity contribution in [3.05, 3.63) is 41.1 Å². The Hall–Kier alpha value is -1.78. The highest BCUT2D eigenvalue weighted by molar-refractivity contribution is 6.36. The van der Waals surface area contributed by atoms with Gasteiger partial charge in [-0.1, -0.05) is 29.8 Å². The number of rotatable bonds is 2. The molecular weight excluding hydrogens is 278 g/mol. The third kappa shape index (κ3) is 1.92. The predicted octanol–water partition coefficient (Wildman–Crippen LogP) is 3.14. The fraction of sp³-hybridized carbons (Fsp3) is 0.267. The largest absolute Gasteiger partial charge is 0.463 e. The second-order valence-corrected chi connectivity index (χ2v) is 5.04. The highest BCUT2D eigenvalue weighted by Gasteiger charge is 2.31. The number of aliphatic hydroxyl groups is 1. The zero-order valence-electron chi connectivity index (χ0n) is 11.0. The van der Waals surface area contributed by atoms with Gasteiger partial charge in [-0.25, -0.2) is 4.79 Å². The summed E-state index contributed by atoms with van der Waals surface area (Å²) in [6.45, 7) is 2.08. The molecule has 5 heteroatoms. The molecule has 0 radical (unpaired) electrons. The molecular formula is C15H14ClNO3. The lowest BCUT2D eigenvalue weighted by molar-refractivity contribution is -0.137. The molecule has 20 heavy (non-hydrogen) atoms. The Bertz CT molecular complexity index is 717. The lowest BCUT2D eigenvalue weighted by Gasteiger charge is -2.04. The van der Waals surface area contributed by atoms with Crippen LogP contribution in [0.1, 0.15) is 25.1 Å². The lowest BCUT2D eigenvalue weighted by atomic mass is 10.1. The number of carbonyl (C=O) groups excluding carboxylic acids is 1. The van der Waals surface area contributed by atoms with Crippen LogP contribution in [0.15, 0.2) is 30.3 Å². The maximum absolute atomic E-state index is 11.6. The minimum Gasteiger partial charge on any atom is -0.463 e. The molecule has 0 aliphatic carbocycles. The summed E-state index contributed by atoms with van der Waals surface area (Å²) in [5, 5.41) is 11.6. The number of esters is 1. The van der Waals surface area contributed by atoms with Crippen LogP contribution >= 0.6 is 11.6 Å². The molecule has 1 aromatic heterocycles. The normalized spacial score (nSPS) is 19.6. The average molecular weight is 292 g/mol. The van der Waals surface area contributed by atoms with E-state index in [9.17, 15) is 9.90 Å². The summed E-state index contributed by atoms with van der Waals surface area (Å²) in [6, 6.07) is 7.61. The number of hydrogen-bond acceptors (Lipinski definition) is 3. The Morgan fingerprint density at radius 2 is 2.30 bits per heavy atom. The molecule has 1 unspecified atom stereocenters. The minimum atomic E-state index is -0.699. The highest BCUT2D eigenvalue weighted by Crippen LogP contribution is 2.44. The van der Waals surface area contributed by atoms with E-state index in [4.69, 9.17) is 16.3 Å². The van der Waals surface area contributed by atoms with Crippen molar-refractivity contribution >= 4 is 34.2 Å². The van der Waals surface area contributed by atoms with Crippen molar-refractivity contribution in [2.45, 2.75) is 19.4 Å². The summed E-state index contributed by atoms with van der Waals surface area (Å²) in [4.78, 5) is 11.6. The van der Waals surface area contributed by atoms with Gasteiger partial charge in [0.15, 0.2) is 0 Å². The molecule has 1 N–H and O–H groups in total. The molecule has 0 fully saturated rings. The van der Waals surface area contributed by atoms with E-state index < -0.39 is 12.1 Å². The van der Waals surface area contributed by atoms with Gasteiger partial charge in [-0.15, -0.1) is 0 Å². The van der Waals surface area contributed by atoms with E-state index in [1.54, 1.807) is 6.92 Å². The molecule has 0 amide bonds. The van der Waals surface area contributed by atoms with Gasteiger partial charge >= 0.3 is 5.97 Å². The van der Waals surface area contributed by atoms with Crippen molar-refractivity contribution < 1.29 is 14.6 Å². The number of aromatic nitrogens is 1. The fourth-order valence-electron chi connectivity index (χ4n) is 2.65. The Labute approximate surface area is 121 Å². The molecule has 104 valence electrons. The summed E-state index contributed by atoms with van der Waals surface area (Å²) in [5.74, 6) is -0.406. The van der Waals surface area contributed by atoms with Crippen LogP contribution in [-0.4, -0.2) is 22.2 Å². The maximum atomic E-state index is 11.6. The summed E-state index contributed by atoms with van der Waals surface area (Å²) in [6.07, 6.45) is 1.08. The smallest absolute Gasteiger partial charge is 0.332 e. The molecule has 2 heterocycles. The van der Waals surface area contributed by atoms with Crippen molar-refractivity contribution in [2.24, 2.45) is 0 Å². The molecule has 1 aromatic carbocycles. The van der Waals surface area contributed by atoms with Crippen LogP contribution in [0, 0.1) is 0 Å². The Balaban J connectivity index is 2.19. The second-order valence-electron chi connectivity index (χ2n) is 4.66. The molecule has 0 spiro atoms. The van der Waals surface area contributed by atoms with Crippen LogP contribution in [0.4, 0.5) is 0 Å². The van der Waals surface area contributed by atoms with E-state index in [0.29, 0.717) is 29.4 Å². The van der Waals surface area contributed by atoms with Gasteiger partial charge in [-0.3, -0.25) is 0 Å². The predicted molar refractivity (Wildman–Crippen MR) is 77.4 cm³/mol. The number of nitrogens with zero attached hydrogens (tertiary/aromatic N) is 1. The molecule has 3 rings (SSSR count). The van der Waals surface area contributed by atoms with Gasteiger partial charge < -0.3 is 14.4 Å². The Kier molecular flexibility index (Phi) is 3.28. The molecule has 1 atom stereocenters. The number of aliphatic hydroxyl groups excluding tert-OH is 1. The van der Waals surface area contributed by atoms with E-state index in [2.05, 4.69) is 0 Å². The second kappa shape index (κ2) is 4.96. The monoisotopic (exact) mass is 291 g/mol. The number of benzene rings is 1. The fourth-order valence-corrected chi connectivity index (χ4v) is 3.02. The van der Waals surface area contributed by atoms with Gasteiger partial charge in [0.25, 0.3) is 0 Å². The molecule has 2 aromatic rings. The topological polar surface area (TPSA) is 51.5 Å². The summed E-state index contributed by atoms with van der Waals surface area (Å²) < 4.78 is 6.78. The van der Waals surface area contributed by atoms with E-state index in [1.807, 2.05) is 28.8 Å². The van der Waals surface area contributed by atoms with Crippen LogP contribution in [0.3, 0.4) is 0 Å². The summed E-state index contributed by atoms with van der Waals surface area (Å²) in [5.41, 5.74) is 2.23. The molecule has 1 aliphatic rings. The Morgan fingerprint density at radius 1 is 1.55 bits per heavy atom. The van der Waals surface area contributed by atoms with Crippen LogP contribution in [-0.2, 0) is 9.53 Å². The van der Waals surface area contributed by atoms with Crippen molar-refractivity contribution in [2.75, 3.05) is 6.61 Å². The van der Waals surface area contributed by atoms with E-state index >= 15 is 0 Å². The maximum Gasteiger partial charge on any atom is 0.332 e. The van der Waals surface area contributed by atoms with Crippen LogP contribution in [0.2, 0.25) is 5.02 Å². The van der Waals surface area contributed by atoms with Gasteiger partial charge in [0, 0.05) is 23.6 Å². The van der Waals surface area contributed by atoms with Gasteiger partial charge in [0.05, 0.1) is 22.8 Å². The Morgan fingerprint density at radius 3 is 3.05 bits per heavy atom. The van der Waals surface area contributed by atoms with E-state index in [-0.39, 0.29) is 0 Å². The van der Waals surface area contributed by atoms with E-state index in [0.717, 1.165) is 10.9 Å². The number of hydrogen-bond donors (Lipinski definition) is 1. The van der Waals surface area contributed by atoms with Gasteiger partial charge in [0.1, 0.15) is 6.10 Å². The SMILES string of the molecule is CCOC(=O)/C=C1\CC(O)c2c(Cl)c3ccccc3n21. The number of fused-ring (bicyclic) bond motifs is 3. The minimum absolute atomic E-state index is 0.325. The molecule has 0 saturated carbocycles. The first-order valence-corrected chi connectivity index (χ1v) is 6.86. The summed E-state index contributed by atoms with van der Waals surface area (Å²) in [7, 11) is 0. The molecule has 0 saturated heterocycles. The van der Waals surface area contributed by atoms with Crippen molar-refractivity contribution in [1.82, 2.24) is 4.57 Å². The highest BCUT2D eigenvalue weighted by atomic mass is 35.5. The van der Waals surface area contributed by atoms with Gasteiger partial charge in [-0.05, 0) is 13.0 Å². The third-order valence-electron chi connectivity index (χ3n) is 3.42. The first kappa shape index (κ1) is 13.2. The first-order chi connectivity index (χ1) is 9.63. The lowest BCUT2D eigenvalue weighted by Crippen LogP contribution is -2.02. The van der Waals surface area contributed by atoms with Crippen LogP contribution in [0.25, 0.3) is 16.6 Å². The number of ether oxygens (including phenoxy) is 1. The number of halogens is 1. The molecule has 1 aliphatic heterocycles. The van der Waals surface area contributed by atoms with Crippen LogP contribution < -0.4 is 0 Å². The first-order valence-electron chi connectivity index (χ1n) is 6.48. The van der Waals surface area contributed by atoms with E-state index in [1.165, 1.54) is 6.08 Å². The zero-order valence-corrected chi connectivity index (χ0v) is 11.7. The number of carbonyl (C=O) groups is 1. The zero-order chi connectivity index (χ0) is 14.3. The third-order valence-corrected chi connectivity index (χ3v) is 3.82. The average Bonchev–Trinajstić information content (AvgIpc) is 2.89. The van der Waals surface area contributed by atoms with Crippen molar-refractivity contribution in [3.8, 4) is 0 Å². The van der Waals surface area contributed by atoms with Crippen molar-refractivity contribution in [1.29, 1.82) is 0 Å². The quantitative estimate of drug-likeness (QED) is 0.683. The molecule has 4 nitrogen and oxygen atoms in total. The van der Waals surface area contributed by atoms with Gasteiger partial charge in [-0.2, -0.15) is 0 Å². The standard InChI is InChI=1S/C15H14ClNO3/c1-2-20-13(19)8-9-7-12(18)15-14(16)10-5-3-4-6-11(10)17(9)15/h3-6,8,12,18H,2,7H2,1H3/b9-8+. The number of para-hydroxylation sites is 1. The summed E-state index contributed by atoms with van der Waals surface area (Å²) >= 11 is 6.34. The van der Waals surface area contributed by atoms with Gasteiger partial charge in [0.2, 0.25) is 0 Å². The van der Waals surface area contributed by atoms with Crippen LogP contribution in [0.5, 0.6) is 0 Å².